The zero-order valence-corrected chi connectivity index (χ0v) is 9.25. The second-order valence-corrected chi connectivity index (χ2v) is 3.22. The molecular weight excluding hydrogens is 244 g/mol. The number of aromatic amines is 1. The molecule has 0 spiro atoms. The number of benzene rings is 1. The highest BCUT2D eigenvalue weighted by Crippen LogP contribution is 2.17. The number of aryl methyl sites for hydroxylation is 1. The van der Waals surface area contributed by atoms with Gasteiger partial charge in [0.2, 0.25) is 5.95 Å². The molecule has 0 aliphatic carbocycles. The molecular formula is C9H10N4O5. The molecule has 9 nitrogen and oxygen atoms in total. The van der Waals surface area contributed by atoms with Crippen LogP contribution in [0.4, 0.5) is 10.7 Å². The number of nitrogens with zero attached hydrogens (tertiary/aromatic N) is 2. The minimum Gasteiger partial charge on any atom is -0.465 e. The van der Waals surface area contributed by atoms with Gasteiger partial charge in [-0.25, -0.2) is 9.78 Å². The van der Waals surface area contributed by atoms with Crippen LogP contribution >= 0.6 is 0 Å². The Morgan fingerprint density at radius 1 is 1.56 bits per heavy atom. The van der Waals surface area contributed by atoms with E-state index in [2.05, 4.69) is 15.3 Å². The number of para-hydroxylation sites is 1. The number of hydrogen-bond donors (Lipinski definition) is 4. The van der Waals surface area contributed by atoms with E-state index in [0.717, 1.165) is 16.6 Å². The SMILES string of the molecule is Cc1cccc2[nH]c(NC(=O)O)nc12.O=[N+]([O-])O. The van der Waals surface area contributed by atoms with Crippen molar-refractivity contribution < 1.29 is 20.2 Å². The topological polar surface area (TPSA) is 141 Å². The predicted molar refractivity (Wildman–Crippen MR) is 61.3 cm³/mol. The van der Waals surface area contributed by atoms with Gasteiger partial charge in [0.1, 0.15) is 0 Å². The molecule has 0 saturated heterocycles. The van der Waals surface area contributed by atoms with Crippen LogP contribution < -0.4 is 5.32 Å². The average molecular weight is 254 g/mol. The Morgan fingerprint density at radius 3 is 2.67 bits per heavy atom. The van der Waals surface area contributed by atoms with E-state index in [1.54, 1.807) is 0 Å². The summed E-state index contributed by atoms with van der Waals surface area (Å²) in [6.45, 7) is 1.92. The molecule has 9 heteroatoms. The highest BCUT2D eigenvalue weighted by atomic mass is 16.9. The number of nitrogens with one attached hydrogen (secondary N) is 2. The molecule has 18 heavy (non-hydrogen) atoms. The zero-order valence-electron chi connectivity index (χ0n) is 9.25. The smallest absolute Gasteiger partial charge is 0.411 e. The van der Waals surface area contributed by atoms with Gasteiger partial charge in [-0.15, -0.1) is 10.1 Å². The van der Waals surface area contributed by atoms with E-state index >= 15 is 0 Å². The first-order valence-electron chi connectivity index (χ1n) is 4.68. The summed E-state index contributed by atoms with van der Waals surface area (Å²) in [6, 6.07) is 5.66. The van der Waals surface area contributed by atoms with Gasteiger partial charge in [-0.05, 0) is 18.6 Å². The zero-order chi connectivity index (χ0) is 13.7. The second-order valence-electron chi connectivity index (χ2n) is 3.22. The fourth-order valence-corrected chi connectivity index (χ4v) is 1.34. The van der Waals surface area contributed by atoms with E-state index in [1.165, 1.54) is 0 Å². The lowest BCUT2D eigenvalue weighted by Gasteiger charge is -1.91. The lowest BCUT2D eigenvalue weighted by molar-refractivity contribution is -0.742. The Kier molecular flexibility index (Phi) is 4.02. The van der Waals surface area contributed by atoms with Crippen molar-refractivity contribution in [2.45, 2.75) is 6.92 Å². The lowest BCUT2D eigenvalue weighted by Crippen LogP contribution is -2.08. The highest BCUT2D eigenvalue weighted by Gasteiger charge is 2.05. The molecule has 0 aliphatic heterocycles. The van der Waals surface area contributed by atoms with Crippen molar-refractivity contribution in [3.8, 4) is 0 Å². The molecule has 0 atom stereocenters. The number of H-pyrrole nitrogens is 1. The van der Waals surface area contributed by atoms with Gasteiger partial charge >= 0.3 is 6.09 Å². The van der Waals surface area contributed by atoms with Gasteiger partial charge in [-0.3, -0.25) is 5.32 Å². The Morgan fingerprint density at radius 2 is 2.17 bits per heavy atom. The molecule has 0 aliphatic rings. The van der Waals surface area contributed by atoms with Crippen LogP contribution in [-0.4, -0.2) is 31.5 Å². The second kappa shape index (κ2) is 5.48. The van der Waals surface area contributed by atoms with Gasteiger partial charge in [0.05, 0.1) is 11.0 Å². The van der Waals surface area contributed by atoms with Crippen molar-refractivity contribution in [1.29, 1.82) is 0 Å². The molecule has 2 rings (SSSR count). The predicted octanol–water partition coefficient (Wildman–Crippen LogP) is 1.61. The fraction of sp³-hybridized carbons (Fsp3) is 0.111. The number of fused-ring (bicyclic) bond motifs is 1. The number of hydrogen-bond acceptors (Lipinski definition) is 4. The number of carboxylic acid groups (broad SMARTS) is 1. The van der Waals surface area contributed by atoms with Gasteiger partial charge in [0.15, 0.2) is 0 Å². The number of carbonyl (C=O) groups is 1. The van der Waals surface area contributed by atoms with Gasteiger partial charge in [0.25, 0.3) is 5.09 Å². The highest BCUT2D eigenvalue weighted by molar-refractivity contribution is 5.86. The molecule has 1 aromatic heterocycles. The average Bonchev–Trinajstić information content (AvgIpc) is 2.59. The first-order chi connectivity index (χ1) is 8.40. The van der Waals surface area contributed by atoms with Gasteiger partial charge in [-0.2, -0.15) is 0 Å². The molecule has 0 bridgehead atoms. The quantitative estimate of drug-likeness (QED) is 0.450. The van der Waals surface area contributed by atoms with Crippen LogP contribution in [0.3, 0.4) is 0 Å². The van der Waals surface area contributed by atoms with E-state index in [4.69, 9.17) is 20.4 Å². The van der Waals surface area contributed by atoms with E-state index < -0.39 is 11.2 Å². The summed E-state index contributed by atoms with van der Waals surface area (Å²) >= 11 is 0. The summed E-state index contributed by atoms with van der Waals surface area (Å²) in [5, 5.41) is 24.3. The summed E-state index contributed by atoms with van der Waals surface area (Å²) in [5.41, 5.74) is 2.63. The number of aromatic nitrogens is 2. The molecule has 96 valence electrons. The minimum atomic E-state index is -1.50. The third-order valence-electron chi connectivity index (χ3n) is 1.94. The number of imidazole rings is 1. The van der Waals surface area contributed by atoms with Gasteiger partial charge < -0.3 is 15.3 Å². The third-order valence-corrected chi connectivity index (χ3v) is 1.94. The van der Waals surface area contributed by atoms with Crippen molar-refractivity contribution in [2.24, 2.45) is 0 Å². The monoisotopic (exact) mass is 254 g/mol. The number of anilines is 1. The minimum absolute atomic E-state index is 0.252. The van der Waals surface area contributed by atoms with Crippen LogP contribution in [-0.2, 0) is 0 Å². The summed E-state index contributed by atoms with van der Waals surface area (Å²) in [6.07, 6.45) is -1.12. The lowest BCUT2D eigenvalue weighted by atomic mass is 10.2. The molecule has 1 aromatic carbocycles. The normalized spacial score (nSPS) is 9.39. The largest absolute Gasteiger partial charge is 0.465 e. The maximum absolute atomic E-state index is 10.4. The first-order valence-corrected chi connectivity index (χ1v) is 4.68. The fourth-order valence-electron chi connectivity index (χ4n) is 1.34. The van der Waals surface area contributed by atoms with Crippen molar-refractivity contribution in [3.05, 3.63) is 33.9 Å². The van der Waals surface area contributed by atoms with Crippen LogP contribution in [0.25, 0.3) is 11.0 Å². The molecule has 0 saturated carbocycles. The summed E-state index contributed by atoms with van der Waals surface area (Å²) < 4.78 is 0. The third kappa shape index (κ3) is 3.63. The standard InChI is InChI=1S/C9H9N3O2.HNO3/c1-5-3-2-4-6-7(5)11-8(10-6)12-9(13)14;2-1(3)4/h2-4H,1H3,(H,13,14)(H2,10,11,12);(H,2,3,4). The molecule has 0 fully saturated rings. The Hall–Kier alpha value is -2.84. The van der Waals surface area contributed by atoms with Crippen LogP contribution in [0, 0.1) is 17.0 Å². The van der Waals surface area contributed by atoms with E-state index in [9.17, 15) is 4.79 Å². The number of rotatable bonds is 1. The summed E-state index contributed by atoms with van der Waals surface area (Å²) in [7, 11) is 0. The molecule has 0 radical (unpaired) electrons. The molecule has 4 N–H and O–H groups in total. The van der Waals surface area contributed by atoms with Crippen LogP contribution in [0.15, 0.2) is 18.2 Å². The van der Waals surface area contributed by atoms with Crippen molar-refractivity contribution in [3.63, 3.8) is 0 Å². The Balaban J connectivity index is 0.000000357. The van der Waals surface area contributed by atoms with E-state index in [1.807, 2.05) is 25.1 Å². The first kappa shape index (κ1) is 13.2. The molecule has 0 unspecified atom stereocenters. The Labute approximate surface area is 100 Å². The maximum atomic E-state index is 10.4. The van der Waals surface area contributed by atoms with Gasteiger partial charge in [-0.1, -0.05) is 12.1 Å². The van der Waals surface area contributed by atoms with Crippen LogP contribution in [0.5, 0.6) is 0 Å². The van der Waals surface area contributed by atoms with E-state index in [0.29, 0.717) is 0 Å². The molecule has 1 amide bonds. The molecule has 2 aromatic rings. The summed E-state index contributed by atoms with van der Waals surface area (Å²) in [5.74, 6) is 0.252. The van der Waals surface area contributed by atoms with Crippen molar-refractivity contribution >= 4 is 23.1 Å². The Bertz CT molecular complexity index is 575. The van der Waals surface area contributed by atoms with Gasteiger partial charge in [0, 0.05) is 0 Å². The van der Waals surface area contributed by atoms with Crippen LogP contribution in [0.1, 0.15) is 5.56 Å². The summed E-state index contributed by atoms with van der Waals surface area (Å²) in [4.78, 5) is 25.7. The maximum Gasteiger partial charge on any atom is 0.411 e. The number of amides is 1. The van der Waals surface area contributed by atoms with Crippen molar-refractivity contribution in [2.75, 3.05) is 5.32 Å². The van der Waals surface area contributed by atoms with Crippen molar-refractivity contribution in [1.82, 2.24) is 9.97 Å². The van der Waals surface area contributed by atoms with Crippen LogP contribution in [0.2, 0.25) is 0 Å². The van der Waals surface area contributed by atoms with E-state index in [-0.39, 0.29) is 5.95 Å². The molecule has 1 heterocycles.